The number of carbonyl (C=O) groups excluding carboxylic acids is 6. The number of hydrogen-bond donors (Lipinski definition) is 3. The van der Waals surface area contributed by atoms with Crippen molar-refractivity contribution in [2.75, 3.05) is 6.54 Å². The summed E-state index contributed by atoms with van der Waals surface area (Å²) in [5.41, 5.74) is -2.80. The lowest BCUT2D eigenvalue weighted by Gasteiger charge is -2.28. The van der Waals surface area contributed by atoms with E-state index >= 15 is 0 Å². The van der Waals surface area contributed by atoms with Crippen molar-refractivity contribution >= 4 is 42.0 Å². The molecule has 1 heterocycles. The first-order chi connectivity index (χ1) is 18.1. The molecule has 0 radical (unpaired) electrons. The van der Waals surface area contributed by atoms with Gasteiger partial charge in [0.1, 0.15) is 22.8 Å². The van der Waals surface area contributed by atoms with Gasteiger partial charge in [0.15, 0.2) is 0 Å². The van der Waals surface area contributed by atoms with E-state index in [0.717, 1.165) is 0 Å². The van der Waals surface area contributed by atoms with Crippen molar-refractivity contribution in [3.05, 3.63) is 0 Å². The Labute approximate surface area is 233 Å². The van der Waals surface area contributed by atoms with Gasteiger partial charge in [-0.2, -0.15) is 0 Å². The molecule has 0 unspecified atom stereocenters. The molecule has 1 aliphatic rings. The van der Waals surface area contributed by atoms with Crippen LogP contribution in [0.3, 0.4) is 0 Å². The van der Waals surface area contributed by atoms with Crippen molar-refractivity contribution in [1.82, 2.24) is 20.6 Å². The van der Waals surface area contributed by atoms with Crippen LogP contribution in [-0.4, -0.2) is 81.4 Å². The van der Waals surface area contributed by atoms with E-state index in [1.165, 1.54) is 0 Å². The third-order valence-corrected chi connectivity index (χ3v) is 4.50. The first-order valence-electron chi connectivity index (χ1n) is 12.8. The summed E-state index contributed by atoms with van der Waals surface area (Å²) in [5, 5.41) is 13.5. The molecule has 1 atom stereocenters. The highest BCUT2D eigenvalue weighted by atomic mass is 16.7. The summed E-state index contributed by atoms with van der Waals surface area (Å²) in [6.45, 7) is 14.4. The van der Waals surface area contributed by atoms with Crippen LogP contribution in [0.25, 0.3) is 0 Å². The fourth-order valence-corrected chi connectivity index (χ4v) is 2.97. The number of alkyl carbamates (subject to hydrolysis) is 1. The Bertz CT molecular complexity index is 963. The van der Waals surface area contributed by atoms with Crippen LogP contribution in [-0.2, 0) is 33.4 Å². The molecule has 0 bridgehead atoms. The van der Waals surface area contributed by atoms with Gasteiger partial charge in [0.25, 0.3) is 11.8 Å². The average Bonchev–Trinajstić information content (AvgIpc) is 3.04. The monoisotopic (exact) mass is 571 g/mol. The summed E-state index contributed by atoms with van der Waals surface area (Å²) in [6.07, 6.45) is -3.40. The predicted molar refractivity (Wildman–Crippen MR) is 140 cm³/mol. The molecule has 1 saturated heterocycles. The maximum atomic E-state index is 12.7. The highest BCUT2D eigenvalue weighted by molar-refractivity contribution is 6.06. The predicted octanol–water partition coefficient (Wildman–Crippen LogP) is 2.96. The first kappa shape index (κ1) is 34.1. The summed E-state index contributed by atoms with van der Waals surface area (Å²) >= 11 is 0. The number of nitrogens with zero attached hydrogens (tertiary/aromatic N) is 2. The van der Waals surface area contributed by atoms with Gasteiger partial charge < -0.3 is 29.7 Å². The highest BCUT2D eigenvalue weighted by Gasteiger charge is 2.37. The molecule has 3 N–H and O–H groups in total. The van der Waals surface area contributed by atoms with E-state index in [0.29, 0.717) is 9.96 Å². The Morgan fingerprint density at radius 1 is 0.850 bits per heavy atom. The van der Waals surface area contributed by atoms with Crippen LogP contribution in [0.15, 0.2) is 0 Å². The maximum absolute atomic E-state index is 12.7. The normalized spacial score (nSPS) is 14.7. The van der Waals surface area contributed by atoms with Crippen molar-refractivity contribution in [1.29, 1.82) is 5.41 Å². The van der Waals surface area contributed by atoms with E-state index < -0.39 is 64.9 Å². The minimum Gasteiger partial charge on any atom is -0.444 e. The van der Waals surface area contributed by atoms with E-state index in [4.69, 9.17) is 24.5 Å². The van der Waals surface area contributed by atoms with Crippen LogP contribution < -0.4 is 10.6 Å². The third kappa shape index (κ3) is 12.3. The summed E-state index contributed by atoms with van der Waals surface area (Å²) in [7, 11) is 0. The van der Waals surface area contributed by atoms with E-state index in [-0.39, 0.29) is 32.2 Å². The van der Waals surface area contributed by atoms with Gasteiger partial charge >= 0.3 is 24.2 Å². The quantitative estimate of drug-likeness (QED) is 0.134. The second-order valence-electron chi connectivity index (χ2n) is 11.9. The third-order valence-electron chi connectivity index (χ3n) is 4.50. The number of carbonyl (C=O) groups is 6. The van der Waals surface area contributed by atoms with Gasteiger partial charge in [-0.25, -0.2) is 19.2 Å². The summed E-state index contributed by atoms with van der Waals surface area (Å²) in [5.74, 6) is -3.09. The van der Waals surface area contributed by atoms with E-state index in [9.17, 15) is 28.8 Å². The van der Waals surface area contributed by atoms with Crippen LogP contribution >= 0.6 is 0 Å². The number of hydroxylamine groups is 2. The number of amides is 5. The minimum absolute atomic E-state index is 0.0533. The fourth-order valence-electron chi connectivity index (χ4n) is 2.97. The van der Waals surface area contributed by atoms with E-state index in [2.05, 4.69) is 10.6 Å². The van der Waals surface area contributed by atoms with Gasteiger partial charge in [0.05, 0.1) is 0 Å². The highest BCUT2D eigenvalue weighted by Crippen LogP contribution is 2.16. The number of hydrogen-bond acceptors (Lipinski definition) is 11. The van der Waals surface area contributed by atoms with Crippen molar-refractivity contribution in [3.8, 4) is 0 Å². The van der Waals surface area contributed by atoms with Gasteiger partial charge in [0, 0.05) is 19.4 Å². The molecule has 1 aliphatic heterocycles. The Morgan fingerprint density at radius 2 is 1.30 bits per heavy atom. The van der Waals surface area contributed by atoms with E-state index in [1.807, 2.05) is 0 Å². The Balaban J connectivity index is 2.92. The Morgan fingerprint density at radius 3 is 1.73 bits per heavy atom. The SMILES string of the molecule is CC(C)(C)OC(=O)N[C@@H](CCCNC(=N)N(C(=O)OC(C)(C)C)C(=O)OC(C)(C)C)C(=O)ON1C(=O)CCC1=O. The number of imide groups is 2. The molecular weight excluding hydrogens is 530 g/mol. The van der Waals surface area contributed by atoms with Gasteiger partial charge in [-0.3, -0.25) is 15.0 Å². The molecule has 0 aromatic heterocycles. The largest absolute Gasteiger partial charge is 0.444 e. The molecule has 40 heavy (non-hydrogen) atoms. The smallest absolute Gasteiger partial charge is 0.427 e. The molecule has 0 aliphatic carbocycles. The van der Waals surface area contributed by atoms with Gasteiger partial charge in [-0.05, 0) is 75.2 Å². The lowest BCUT2D eigenvalue weighted by molar-refractivity contribution is -0.199. The molecule has 0 spiro atoms. The van der Waals surface area contributed by atoms with E-state index in [1.54, 1.807) is 62.3 Å². The number of guanidine groups is 1. The number of nitrogens with one attached hydrogen (secondary N) is 3. The molecule has 1 rings (SSSR count). The molecule has 15 nitrogen and oxygen atoms in total. The van der Waals surface area contributed by atoms with Crippen LogP contribution in [0.4, 0.5) is 14.4 Å². The first-order valence-corrected chi connectivity index (χ1v) is 12.8. The lowest BCUT2D eigenvalue weighted by atomic mass is 10.1. The summed E-state index contributed by atoms with van der Waals surface area (Å²) in [4.78, 5) is 79.3. The standard InChI is InChI=1S/C25H41N5O10/c1-23(2,3)37-20(34)28-15(18(33)40-30-16(31)12-13-17(30)32)11-10-14-27-19(26)29(21(35)38-24(4,5)6)22(36)39-25(7,8)9/h15H,10-14H2,1-9H3,(H2,26,27)(H,28,34)/t15-/m0/s1. The number of ether oxygens (including phenoxy) is 3. The van der Waals surface area contributed by atoms with Crippen molar-refractivity contribution < 1.29 is 47.8 Å². The van der Waals surface area contributed by atoms with Crippen LogP contribution in [0.2, 0.25) is 0 Å². The van der Waals surface area contributed by atoms with Gasteiger partial charge in [-0.1, -0.05) is 0 Å². The zero-order valence-electron chi connectivity index (χ0n) is 24.6. The van der Waals surface area contributed by atoms with Crippen molar-refractivity contribution in [3.63, 3.8) is 0 Å². The molecule has 226 valence electrons. The zero-order valence-corrected chi connectivity index (χ0v) is 24.6. The molecule has 5 amide bonds. The average molecular weight is 572 g/mol. The van der Waals surface area contributed by atoms with Crippen molar-refractivity contribution in [2.24, 2.45) is 0 Å². The second-order valence-corrected chi connectivity index (χ2v) is 11.9. The molecule has 1 fully saturated rings. The Kier molecular flexibility index (Phi) is 11.5. The molecule has 0 aromatic rings. The van der Waals surface area contributed by atoms with Gasteiger partial charge in [0.2, 0.25) is 5.96 Å². The maximum Gasteiger partial charge on any atom is 0.427 e. The minimum atomic E-state index is -1.33. The molecule has 0 aromatic carbocycles. The lowest BCUT2D eigenvalue weighted by Crippen LogP contribution is -2.51. The van der Waals surface area contributed by atoms with Gasteiger partial charge in [-0.15, -0.1) is 9.96 Å². The van der Waals surface area contributed by atoms with Crippen LogP contribution in [0.5, 0.6) is 0 Å². The van der Waals surface area contributed by atoms with Crippen molar-refractivity contribution in [2.45, 2.75) is 111 Å². The zero-order chi connectivity index (χ0) is 31.1. The molecule has 0 saturated carbocycles. The molecule has 15 heteroatoms. The second kappa shape index (κ2) is 13.4. The molecular formula is C25H41N5O10. The van der Waals surface area contributed by atoms with Crippen LogP contribution in [0, 0.1) is 5.41 Å². The van der Waals surface area contributed by atoms with Crippen LogP contribution in [0.1, 0.15) is 88.0 Å². The summed E-state index contributed by atoms with van der Waals surface area (Å²) in [6, 6.07) is -1.33. The number of rotatable bonds is 7. The Hall–Kier alpha value is -3.91. The topological polar surface area (TPSA) is 194 Å². The fraction of sp³-hybridized carbons (Fsp3) is 0.720. The summed E-state index contributed by atoms with van der Waals surface area (Å²) < 4.78 is 15.6.